The molecular formula is C24H26ClNO4. The summed E-state index contributed by atoms with van der Waals surface area (Å²) in [5.41, 5.74) is 1.30. The van der Waals surface area contributed by atoms with Crippen LogP contribution in [0.5, 0.6) is 5.75 Å². The summed E-state index contributed by atoms with van der Waals surface area (Å²) in [5.74, 6) is -0.927. The van der Waals surface area contributed by atoms with Gasteiger partial charge in [0.25, 0.3) is 0 Å². The molecule has 158 valence electrons. The van der Waals surface area contributed by atoms with Crippen LogP contribution in [0.1, 0.15) is 38.7 Å². The largest absolute Gasteiger partial charge is 0.497 e. The summed E-state index contributed by atoms with van der Waals surface area (Å²) in [4.78, 5) is 25.4. The van der Waals surface area contributed by atoms with Gasteiger partial charge < -0.3 is 15.2 Å². The highest BCUT2D eigenvalue weighted by atomic mass is 35.5. The SMILES string of the molecule is COc1ccc(NC2=C(C(C)=O)[C@@H](c3ccc(Cl)cc3)[C@H](C(C)=O)[C@](C)(O)C2)cc1. The van der Waals surface area contributed by atoms with E-state index < -0.39 is 17.4 Å². The minimum atomic E-state index is -1.33. The van der Waals surface area contributed by atoms with Crippen LogP contribution in [0, 0.1) is 5.92 Å². The summed E-state index contributed by atoms with van der Waals surface area (Å²) < 4.78 is 5.19. The lowest BCUT2D eigenvalue weighted by atomic mass is 9.64. The zero-order chi connectivity index (χ0) is 22.1. The molecule has 2 aromatic carbocycles. The molecule has 5 nitrogen and oxygen atoms in total. The minimum Gasteiger partial charge on any atom is -0.497 e. The highest BCUT2D eigenvalue weighted by Gasteiger charge is 2.49. The van der Waals surface area contributed by atoms with Crippen molar-refractivity contribution in [1.29, 1.82) is 0 Å². The van der Waals surface area contributed by atoms with Crippen LogP contribution in [0.2, 0.25) is 5.02 Å². The van der Waals surface area contributed by atoms with E-state index in [2.05, 4.69) is 5.32 Å². The first-order valence-corrected chi connectivity index (χ1v) is 10.1. The predicted octanol–water partition coefficient (Wildman–Crippen LogP) is 4.75. The van der Waals surface area contributed by atoms with E-state index in [1.165, 1.54) is 13.8 Å². The van der Waals surface area contributed by atoms with Gasteiger partial charge in [0, 0.05) is 34.3 Å². The molecule has 0 amide bonds. The Morgan fingerprint density at radius 1 is 1.10 bits per heavy atom. The van der Waals surface area contributed by atoms with Crippen molar-refractivity contribution in [3.05, 3.63) is 70.4 Å². The normalized spacial score (nSPS) is 23.8. The maximum atomic E-state index is 12.8. The lowest BCUT2D eigenvalue weighted by Crippen LogP contribution is -2.48. The van der Waals surface area contributed by atoms with Gasteiger partial charge in [0.2, 0.25) is 0 Å². The summed E-state index contributed by atoms with van der Waals surface area (Å²) in [7, 11) is 1.59. The zero-order valence-electron chi connectivity index (χ0n) is 17.5. The Hall–Kier alpha value is -2.63. The zero-order valence-corrected chi connectivity index (χ0v) is 18.3. The molecule has 1 aliphatic carbocycles. The molecule has 0 unspecified atom stereocenters. The number of benzene rings is 2. The maximum Gasteiger partial charge on any atom is 0.158 e. The fourth-order valence-corrected chi connectivity index (χ4v) is 4.50. The first kappa shape index (κ1) is 22.1. The Bertz CT molecular complexity index is 977. The molecule has 2 N–H and O–H groups in total. The van der Waals surface area contributed by atoms with Gasteiger partial charge in [-0.1, -0.05) is 23.7 Å². The Balaban J connectivity index is 2.16. The number of carbonyl (C=O) groups excluding carboxylic acids is 2. The number of aliphatic hydroxyl groups is 1. The molecule has 0 radical (unpaired) electrons. The van der Waals surface area contributed by atoms with Crippen molar-refractivity contribution < 1.29 is 19.4 Å². The molecule has 3 rings (SSSR count). The number of hydrogen-bond acceptors (Lipinski definition) is 5. The van der Waals surface area contributed by atoms with E-state index >= 15 is 0 Å². The summed E-state index contributed by atoms with van der Waals surface area (Å²) in [6.07, 6.45) is 0.155. The number of nitrogens with one attached hydrogen (secondary N) is 1. The van der Waals surface area contributed by atoms with Gasteiger partial charge in [0.1, 0.15) is 11.5 Å². The third-order valence-electron chi connectivity index (χ3n) is 5.61. The molecule has 2 aromatic rings. The van der Waals surface area contributed by atoms with E-state index in [1.54, 1.807) is 38.3 Å². The Kier molecular flexibility index (Phi) is 6.34. The summed E-state index contributed by atoms with van der Waals surface area (Å²) in [6.45, 7) is 4.60. The highest BCUT2D eigenvalue weighted by molar-refractivity contribution is 6.30. The highest BCUT2D eigenvalue weighted by Crippen LogP contribution is 2.47. The van der Waals surface area contributed by atoms with Crippen LogP contribution in [-0.2, 0) is 9.59 Å². The van der Waals surface area contributed by atoms with Crippen molar-refractivity contribution >= 4 is 28.9 Å². The number of rotatable bonds is 6. The second kappa shape index (κ2) is 8.62. The molecule has 3 atom stereocenters. The second-order valence-electron chi connectivity index (χ2n) is 7.95. The quantitative estimate of drug-likeness (QED) is 0.695. The van der Waals surface area contributed by atoms with Gasteiger partial charge in [-0.05, 0) is 62.7 Å². The van der Waals surface area contributed by atoms with Crippen molar-refractivity contribution in [2.45, 2.75) is 38.7 Å². The summed E-state index contributed by atoms with van der Waals surface area (Å²) in [5, 5.41) is 15.1. The molecule has 30 heavy (non-hydrogen) atoms. The fraction of sp³-hybridized carbons (Fsp3) is 0.333. The predicted molar refractivity (Wildman–Crippen MR) is 118 cm³/mol. The van der Waals surface area contributed by atoms with Crippen molar-refractivity contribution in [3.63, 3.8) is 0 Å². The Labute approximate surface area is 181 Å². The number of halogens is 1. The van der Waals surface area contributed by atoms with Gasteiger partial charge in [-0.25, -0.2) is 0 Å². The molecule has 0 bridgehead atoms. The molecular weight excluding hydrogens is 402 g/mol. The van der Waals surface area contributed by atoms with Crippen LogP contribution in [0.4, 0.5) is 5.69 Å². The minimum absolute atomic E-state index is 0.146. The maximum absolute atomic E-state index is 12.8. The molecule has 0 heterocycles. The van der Waals surface area contributed by atoms with E-state index in [-0.39, 0.29) is 18.0 Å². The Morgan fingerprint density at radius 2 is 1.70 bits per heavy atom. The molecule has 0 aliphatic heterocycles. The number of ketones is 2. The molecule has 6 heteroatoms. The van der Waals surface area contributed by atoms with Crippen LogP contribution in [0.25, 0.3) is 0 Å². The van der Waals surface area contributed by atoms with Crippen molar-refractivity contribution in [3.8, 4) is 5.75 Å². The van der Waals surface area contributed by atoms with E-state index in [0.29, 0.717) is 22.0 Å². The molecule has 0 saturated heterocycles. The fourth-order valence-electron chi connectivity index (χ4n) is 4.37. The molecule has 0 fully saturated rings. The lowest BCUT2D eigenvalue weighted by molar-refractivity contribution is -0.131. The third kappa shape index (κ3) is 4.42. The van der Waals surface area contributed by atoms with Crippen LogP contribution in [-0.4, -0.2) is 29.4 Å². The van der Waals surface area contributed by atoms with E-state index in [1.807, 2.05) is 24.3 Å². The van der Waals surface area contributed by atoms with Gasteiger partial charge in [0.05, 0.1) is 18.6 Å². The van der Waals surface area contributed by atoms with Crippen LogP contribution < -0.4 is 10.1 Å². The van der Waals surface area contributed by atoms with Gasteiger partial charge in [-0.15, -0.1) is 0 Å². The van der Waals surface area contributed by atoms with Crippen molar-refractivity contribution in [1.82, 2.24) is 0 Å². The van der Waals surface area contributed by atoms with E-state index in [0.717, 1.165) is 11.3 Å². The smallest absolute Gasteiger partial charge is 0.158 e. The molecule has 1 aliphatic rings. The first-order chi connectivity index (χ1) is 14.1. The topological polar surface area (TPSA) is 75.6 Å². The average Bonchev–Trinajstić information content (AvgIpc) is 2.67. The number of methoxy groups -OCH3 is 1. The van der Waals surface area contributed by atoms with E-state index in [4.69, 9.17) is 16.3 Å². The molecule has 0 saturated carbocycles. The van der Waals surface area contributed by atoms with Gasteiger partial charge >= 0.3 is 0 Å². The number of Topliss-reactive ketones (excluding diaryl/α,β-unsaturated/α-hetero) is 2. The molecule has 0 aromatic heterocycles. The second-order valence-corrected chi connectivity index (χ2v) is 8.39. The Morgan fingerprint density at radius 3 is 2.20 bits per heavy atom. The number of allylic oxidation sites excluding steroid dienone is 1. The summed E-state index contributed by atoms with van der Waals surface area (Å²) >= 11 is 6.05. The third-order valence-corrected chi connectivity index (χ3v) is 5.86. The van der Waals surface area contributed by atoms with Crippen LogP contribution >= 0.6 is 11.6 Å². The van der Waals surface area contributed by atoms with Gasteiger partial charge in [-0.3, -0.25) is 9.59 Å². The molecule has 0 spiro atoms. The van der Waals surface area contributed by atoms with Crippen LogP contribution in [0.3, 0.4) is 0 Å². The first-order valence-electron chi connectivity index (χ1n) is 9.77. The van der Waals surface area contributed by atoms with Gasteiger partial charge in [0.15, 0.2) is 5.78 Å². The monoisotopic (exact) mass is 427 g/mol. The van der Waals surface area contributed by atoms with Gasteiger partial charge in [-0.2, -0.15) is 0 Å². The summed E-state index contributed by atoms with van der Waals surface area (Å²) in [6, 6.07) is 14.4. The van der Waals surface area contributed by atoms with Crippen molar-refractivity contribution in [2.24, 2.45) is 5.92 Å². The average molecular weight is 428 g/mol. The van der Waals surface area contributed by atoms with E-state index in [9.17, 15) is 14.7 Å². The lowest BCUT2D eigenvalue weighted by Gasteiger charge is -2.43. The van der Waals surface area contributed by atoms with Crippen molar-refractivity contribution in [2.75, 3.05) is 12.4 Å². The number of carbonyl (C=O) groups is 2. The number of hydrogen-bond donors (Lipinski definition) is 2. The standard InChI is InChI=1S/C24H26ClNO4/c1-14(27)21-20(26-18-9-11-19(30-4)12-10-18)13-24(3,29)23(15(2)28)22(21)16-5-7-17(25)8-6-16/h5-12,22-23,26,29H,13H2,1-4H3/t22-,23+,24-/m1/s1. The number of ether oxygens (including phenoxy) is 1. The number of anilines is 1. The van der Waals surface area contributed by atoms with Crippen LogP contribution in [0.15, 0.2) is 59.8 Å².